The molecule has 0 aliphatic rings. The lowest BCUT2D eigenvalue weighted by Crippen LogP contribution is -2.19. The quantitative estimate of drug-likeness (QED) is 0.687. The van der Waals surface area contributed by atoms with E-state index in [1.807, 2.05) is 12.3 Å². The molecule has 0 aliphatic heterocycles. The van der Waals surface area contributed by atoms with Crippen LogP contribution < -0.4 is 5.32 Å². The molecule has 1 aromatic rings. The van der Waals surface area contributed by atoms with Crippen molar-refractivity contribution in [3.05, 3.63) is 25.0 Å². The monoisotopic (exact) mass is 194 g/mol. The lowest BCUT2D eigenvalue weighted by atomic mass is 10.5. The lowest BCUT2D eigenvalue weighted by Gasteiger charge is -2.12. The van der Waals surface area contributed by atoms with Crippen molar-refractivity contribution in [2.24, 2.45) is 0 Å². The summed E-state index contributed by atoms with van der Waals surface area (Å²) in [7, 11) is 4.13. The van der Waals surface area contributed by atoms with Crippen LogP contribution in [0.15, 0.2) is 25.0 Å². The molecular formula is C10H18N4. The number of likely N-dealkylation sites (N-methyl/N-ethyl adjacent to an activating group) is 1. The summed E-state index contributed by atoms with van der Waals surface area (Å²) in [5, 5.41) is 3.18. The third-order valence-corrected chi connectivity index (χ3v) is 1.91. The van der Waals surface area contributed by atoms with Gasteiger partial charge in [0.1, 0.15) is 0 Å². The summed E-state index contributed by atoms with van der Waals surface area (Å²) in [6.45, 7) is 6.37. The van der Waals surface area contributed by atoms with Gasteiger partial charge >= 0.3 is 0 Å². The molecule has 0 aliphatic carbocycles. The maximum absolute atomic E-state index is 4.22. The molecule has 1 N–H and O–H groups in total. The van der Waals surface area contributed by atoms with Crippen molar-refractivity contribution in [1.82, 2.24) is 14.5 Å². The summed E-state index contributed by atoms with van der Waals surface area (Å²) in [6.07, 6.45) is 5.61. The largest absolute Gasteiger partial charge is 0.352 e. The second-order valence-electron chi connectivity index (χ2n) is 3.42. The topological polar surface area (TPSA) is 33.1 Å². The Morgan fingerprint density at radius 3 is 3.07 bits per heavy atom. The Labute approximate surface area is 85.2 Å². The second kappa shape index (κ2) is 5.44. The van der Waals surface area contributed by atoms with Crippen molar-refractivity contribution in [3.63, 3.8) is 0 Å². The van der Waals surface area contributed by atoms with Crippen molar-refractivity contribution in [3.8, 4) is 0 Å². The van der Waals surface area contributed by atoms with Crippen LogP contribution in [0, 0.1) is 0 Å². The highest BCUT2D eigenvalue weighted by Crippen LogP contribution is 2.03. The van der Waals surface area contributed by atoms with Gasteiger partial charge in [0.25, 0.3) is 0 Å². The van der Waals surface area contributed by atoms with Gasteiger partial charge < -0.3 is 14.8 Å². The van der Waals surface area contributed by atoms with Gasteiger partial charge in [-0.2, -0.15) is 0 Å². The van der Waals surface area contributed by atoms with Crippen LogP contribution in [-0.2, 0) is 6.54 Å². The Hall–Kier alpha value is -1.29. The fourth-order valence-electron chi connectivity index (χ4n) is 1.13. The van der Waals surface area contributed by atoms with Crippen LogP contribution in [0.5, 0.6) is 0 Å². The molecule has 0 aromatic carbocycles. The van der Waals surface area contributed by atoms with E-state index in [1.54, 1.807) is 6.20 Å². The molecule has 1 rings (SSSR count). The standard InChI is InChI=1S/C10H18N4/c1-4-5-11-10-12-6-7-14(10)9-8-13(2)3/h4,6-7H,1,5,8-9H2,2-3H3,(H,11,12). The van der Waals surface area contributed by atoms with E-state index in [4.69, 9.17) is 0 Å². The van der Waals surface area contributed by atoms with Gasteiger partial charge in [-0.15, -0.1) is 6.58 Å². The zero-order valence-corrected chi connectivity index (χ0v) is 8.90. The Kier molecular flexibility index (Phi) is 4.19. The van der Waals surface area contributed by atoms with Gasteiger partial charge in [-0.1, -0.05) is 6.08 Å². The van der Waals surface area contributed by atoms with Gasteiger partial charge in [-0.3, -0.25) is 0 Å². The normalized spacial score (nSPS) is 10.5. The highest BCUT2D eigenvalue weighted by Gasteiger charge is 2.00. The number of nitrogens with zero attached hydrogens (tertiary/aromatic N) is 3. The Morgan fingerprint density at radius 1 is 1.64 bits per heavy atom. The van der Waals surface area contributed by atoms with Gasteiger partial charge in [0.05, 0.1) is 0 Å². The van der Waals surface area contributed by atoms with Crippen molar-refractivity contribution in [1.29, 1.82) is 0 Å². The van der Waals surface area contributed by atoms with E-state index in [-0.39, 0.29) is 0 Å². The van der Waals surface area contributed by atoms with E-state index < -0.39 is 0 Å². The second-order valence-corrected chi connectivity index (χ2v) is 3.42. The summed E-state index contributed by atoms with van der Waals surface area (Å²) < 4.78 is 2.10. The average Bonchev–Trinajstić information content (AvgIpc) is 2.58. The van der Waals surface area contributed by atoms with E-state index in [0.29, 0.717) is 0 Å². The molecule has 0 saturated heterocycles. The molecule has 4 nitrogen and oxygen atoms in total. The molecule has 0 bridgehead atoms. The van der Waals surface area contributed by atoms with Crippen LogP contribution in [0.1, 0.15) is 0 Å². The third-order valence-electron chi connectivity index (χ3n) is 1.91. The highest BCUT2D eigenvalue weighted by atomic mass is 15.2. The Morgan fingerprint density at radius 2 is 2.43 bits per heavy atom. The molecule has 1 heterocycles. The molecule has 0 fully saturated rings. The molecule has 0 radical (unpaired) electrons. The van der Waals surface area contributed by atoms with E-state index in [9.17, 15) is 0 Å². The SMILES string of the molecule is C=CCNc1nccn1CCN(C)C. The molecule has 0 unspecified atom stereocenters. The summed E-state index contributed by atoms with van der Waals surface area (Å²) in [4.78, 5) is 6.37. The first kappa shape index (κ1) is 10.8. The molecule has 0 spiro atoms. The summed E-state index contributed by atoms with van der Waals surface area (Å²) in [6, 6.07) is 0. The van der Waals surface area contributed by atoms with Crippen molar-refractivity contribution < 1.29 is 0 Å². The summed E-state index contributed by atoms with van der Waals surface area (Å²) >= 11 is 0. The summed E-state index contributed by atoms with van der Waals surface area (Å²) in [5.74, 6) is 0.909. The number of anilines is 1. The smallest absolute Gasteiger partial charge is 0.203 e. The number of nitrogens with one attached hydrogen (secondary N) is 1. The maximum Gasteiger partial charge on any atom is 0.203 e. The minimum atomic E-state index is 0.749. The fourth-order valence-corrected chi connectivity index (χ4v) is 1.13. The van der Waals surface area contributed by atoms with Crippen LogP contribution in [0.2, 0.25) is 0 Å². The highest BCUT2D eigenvalue weighted by molar-refractivity contribution is 5.26. The zero-order chi connectivity index (χ0) is 10.4. The zero-order valence-electron chi connectivity index (χ0n) is 8.90. The van der Waals surface area contributed by atoms with Gasteiger partial charge in [0, 0.05) is 32.0 Å². The molecule has 0 atom stereocenters. The summed E-state index contributed by atoms with van der Waals surface area (Å²) in [5.41, 5.74) is 0. The minimum Gasteiger partial charge on any atom is -0.352 e. The first-order chi connectivity index (χ1) is 6.74. The molecule has 78 valence electrons. The number of hydrogen-bond donors (Lipinski definition) is 1. The van der Waals surface area contributed by atoms with Crippen molar-refractivity contribution in [2.45, 2.75) is 6.54 Å². The van der Waals surface area contributed by atoms with Crippen LogP contribution in [0.25, 0.3) is 0 Å². The van der Waals surface area contributed by atoms with E-state index in [0.717, 1.165) is 25.6 Å². The maximum atomic E-state index is 4.22. The van der Waals surface area contributed by atoms with Crippen LogP contribution in [0.4, 0.5) is 5.95 Å². The Bertz CT molecular complexity index is 277. The number of imidazole rings is 1. The van der Waals surface area contributed by atoms with E-state index >= 15 is 0 Å². The third kappa shape index (κ3) is 3.22. The van der Waals surface area contributed by atoms with Crippen molar-refractivity contribution in [2.75, 3.05) is 32.5 Å². The predicted octanol–water partition coefficient (Wildman–Crippen LogP) is 1.04. The number of aromatic nitrogens is 2. The average molecular weight is 194 g/mol. The van der Waals surface area contributed by atoms with Gasteiger partial charge in [0.2, 0.25) is 5.95 Å². The Balaban J connectivity index is 2.49. The number of rotatable bonds is 6. The first-order valence-corrected chi connectivity index (χ1v) is 4.74. The van der Waals surface area contributed by atoms with E-state index in [2.05, 4.69) is 40.4 Å². The lowest BCUT2D eigenvalue weighted by molar-refractivity contribution is 0.385. The minimum absolute atomic E-state index is 0.749. The van der Waals surface area contributed by atoms with Gasteiger partial charge in [-0.05, 0) is 14.1 Å². The molecule has 0 saturated carbocycles. The van der Waals surface area contributed by atoms with Crippen LogP contribution in [0.3, 0.4) is 0 Å². The fraction of sp³-hybridized carbons (Fsp3) is 0.500. The number of hydrogen-bond acceptors (Lipinski definition) is 3. The predicted molar refractivity (Wildman–Crippen MR) is 59.5 cm³/mol. The van der Waals surface area contributed by atoms with Gasteiger partial charge in [0.15, 0.2) is 0 Å². The van der Waals surface area contributed by atoms with Crippen LogP contribution in [-0.4, -0.2) is 41.6 Å². The molecular weight excluding hydrogens is 176 g/mol. The molecule has 14 heavy (non-hydrogen) atoms. The van der Waals surface area contributed by atoms with Crippen molar-refractivity contribution >= 4 is 5.95 Å². The molecule has 4 heteroatoms. The van der Waals surface area contributed by atoms with Crippen LogP contribution >= 0.6 is 0 Å². The van der Waals surface area contributed by atoms with Gasteiger partial charge in [-0.25, -0.2) is 4.98 Å². The van der Waals surface area contributed by atoms with E-state index in [1.165, 1.54) is 0 Å². The first-order valence-electron chi connectivity index (χ1n) is 4.74. The molecule has 1 aromatic heterocycles. The molecule has 0 amide bonds.